The number of hydrogen-bond donors (Lipinski definition) is 2. The van der Waals surface area contributed by atoms with Crippen LogP contribution in [-0.2, 0) is 5.41 Å². The molecule has 0 atom stereocenters. The Morgan fingerprint density at radius 3 is 2.50 bits per heavy atom. The zero-order valence-electron chi connectivity index (χ0n) is 8.83. The Kier molecular flexibility index (Phi) is 2.51. The van der Waals surface area contributed by atoms with Crippen molar-refractivity contribution in [3.63, 3.8) is 0 Å². The van der Waals surface area contributed by atoms with Gasteiger partial charge < -0.3 is 5.11 Å². The van der Waals surface area contributed by atoms with Crippen molar-refractivity contribution in [3.8, 4) is 0 Å². The van der Waals surface area contributed by atoms with E-state index in [4.69, 9.17) is 5.11 Å². The molecule has 0 aromatic carbocycles. The minimum absolute atomic E-state index is 0.0753. The van der Waals surface area contributed by atoms with Crippen molar-refractivity contribution in [1.82, 2.24) is 10.2 Å². The Morgan fingerprint density at radius 1 is 1.57 bits per heavy atom. The van der Waals surface area contributed by atoms with Crippen molar-refractivity contribution in [2.75, 3.05) is 11.9 Å². The number of H-pyrrole nitrogens is 1. The summed E-state index contributed by atoms with van der Waals surface area (Å²) >= 11 is 0. The second-order valence-corrected chi connectivity index (χ2v) is 4.23. The number of anilines is 1. The SMILES string of the molecule is CN(C(=O)O)c1cc(C(C)(C)C)n[nH]1. The number of nitrogens with zero attached hydrogens (tertiary/aromatic N) is 2. The highest BCUT2D eigenvalue weighted by Crippen LogP contribution is 2.23. The predicted molar refractivity (Wildman–Crippen MR) is 53.7 cm³/mol. The van der Waals surface area contributed by atoms with E-state index in [-0.39, 0.29) is 5.41 Å². The van der Waals surface area contributed by atoms with E-state index in [1.165, 1.54) is 7.05 Å². The Balaban J connectivity index is 2.94. The van der Waals surface area contributed by atoms with Gasteiger partial charge in [-0.1, -0.05) is 20.8 Å². The van der Waals surface area contributed by atoms with Gasteiger partial charge in [-0.05, 0) is 0 Å². The van der Waals surface area contributed by atoms with Crippen molar-refractivity contribution < 1.29 is 9.90 Å². The molecule has 14 heavy (non-hydrogen) atoms. The molecule has 0 spiro atoms. The monoisotopic (exact) mass is 197 g/mol. The molecule has 1 rings (SSSR count). The molecule has 1 aromatic heterocycles. The first-order chi connectivity index (χ1) is 6.32. The lowest BCUT2D eigenvalue weighted by atomic mass is 9.92. The van der Waals surface area contributed by atoms with Crippen LogP contribution in [0, 0.1) is 0 Å². The fraction of sp³-hybridized carbons (Fsp3) is 0.556. The van der Waals surface area contributed by atoms with Crippen LogP contribution in [0.5, 0.6) is 0 Å². The third-order valence-corrected chi connectivity index (χ3v) is 1.98. The molecule has 0 aliphatic carbocycles. The standard InChI is InChI=1S/C9H15N3O2/c1-9(2,3)6-5-7(11-10-6)12(4)8(13)14/h5H,1-4H3,(H,10,11)(H,13,14). The fourth-order valence-corrected chi connectivity index (χ4v) is 0.971. The van der Waals surface area contributed by atoms with Crippen LogP contribution in [0.2, 0.25) is 0 Å². The molecular formula is C9H15N3O2. The number of aromatic nitrogens is 2. The molecule has 5 nitrogen and oxygen atoms in total. The van der Waals surface area contributed by atoms with Gasteiger partial charge in [0.25, 0.3) is 0 Å². The van der Waals surface area contributed by atoms with Crippen molar-refractivity contribution in [3.05, 3.63) is 11.8 Å². The molecular weight excluding hydrogens is 182 g/mol. The number of aromatic amines is 1. The second kappa shape index (κ2) is 3.32. The smallest absolute Gasteiger partial charge is 0.412 e. The lowest BCUT2D eigenvalue weighted by molar-refractivity contribution is 0.203. The summed E-state index contributed by atoms with van der Waals surface area (Å²) in [4.78, 5) is 11.7. The van der Waals surface area contributed by atoms with Crippen LogP contribution >= 0.6 is 0 Å². The average Bonchev–Trinajstić information content (AvgIpc) is 2.49. The van der Waals surface area contributed by atoms with Crippen molar-refractivity contribution in [2.45, 2.75) is 26.2 Å². The van der Waals surface area contributed by atoms with Gasteiger partial charge in [0.15, 0.2) is 0 Å². The summed E-state index contributed by atoms with van der Waals surface area (Å²) in [5.74, 6) is 0.488. The van der Waals surface area contributed by atoms with E-state index in [1.807, 2.05) is 20.8 Å². The van der Waals surface area contributed by atoms with Gasteiger partial charge >= 0.3 is 6.09 Å². The van der Waals surface area contributed by atoms with E-state index in [9.17, 15) is 4.79 Å². The largest absolute Gasteiger partial charge is 0.465 e. The Morgan fingerprint density at radius 2 is 2.14 bits per heavy atom. The fourth-order valence-electron chi connectivity index (χ4n) is 0.971. The maximum atomic E-state index is 10.6. The quantitative estimate of drug-likeness (QED) is 0.721. The molecule has 0 aliphatic heterocycles. The summed E-state index contributed by atoms with van der Waals surface area (Å²) in [7, 11) is 1.47. The first kappa shape index (κ1) is 10.6. The van der Waals surface area contributed by atoms with Crippen LogP contribution in [-0.4, -0.2) is 28.4 Å². The summed E-state index contributed by atoms with van der Waals surface area (Å²) in [6, 6.07) is 1.74. The molecule has 0 unspecified atom stereocenters. The third-order valence-electron chi connectivity index (χ3n) is 1.98. The minimum Gasteiger partial charge on any atom is -0.465 e. The maximum absolute atomic E-state index is 10.6. The molecule has 1 aromatic rings. The summed E-state index contributed by atoms with van der Waals surface area (Å²) < 4.78 is 0. The minimum atomic E-state index is -1.01. The van der Waals surface area contributed by atoms with E-state index in [1.54, 1.807) is 6.07 Å². The number of carbonyl (C=O) groups is 1. The van der Waals surface area contributed by atoms with Crippen LogP contribution in [0.3, 0.4) is 0 Å². The van der Waals surface area contributed by atoms with E-state index < -0.39 is 6.09 Å². The molecule has 78 valence electrons. The van der Waals surface area contributed by atoms with Gasteiger partial charge in [0.2, 0.25) is 0 Å². The van der Waals surface area contributed by atoms with E-state index >= 15 is 0 Å². The number of nitrogens with one attached hydrogen (secondary N) is 1. The summed E-state index contributed by atoms with van der Waals surface area (Å²) in [6.45, 7) is 6.06. The molecule has 0 radical (unpaired) electrons. The molecule has 0 saturated heterocycles. The number of carboxylic acid groups (broad SMARTS) is 1. The molecule has 0 bridgehead atoms. The summed E-state index contributed by atoms with van der Waals surface area (Å²) in [5, 5.41) is 15.5. The molecule has 1 amide bonds. The van der Waals surface area contributed by atoms with Crippen molar-refractivity contribution in [1.29, 1.82) is 0 Å². The molecule has 0 fully saturated rings. The van der Waals surface area contributed by atoms with Crippen molar-refractivity contribution in [2.24, 2.45) is 0 Å². The van der Waals surface area contributed by atoms with Gasteiger partial charge in [-0.25, -0.2) is 4.79 Å². The summed E-state index contributed by atoms with van der Waals surface area (Å²) in [5.41, 5.74) is 0.772. The van der Waals surface area contributed by atoms with Gasteiger partial charge in [-0.2, -0.15) is 5.10 Å². The number of rotatable bonds is 1. The topological polar surface area (TPSA) is 69.2 Å². The average molecular weight is 197 g/mol. The van der Waals surface area contributed by atoms with Crippen LogP contribution in [0.15, 0.2) is 6.07 Å². The number of hydrogen-bond acceptors (Lipinski definition) is 2. The summed E-state index contributed by atoms with van der Waals surface area (Å²) in [6.07, 6.45) is -1.01. The van der Waals surface area contributed by atoms with Gasteiger partial charge in [-0.15, -0.1) is 0 Å². The molecule has 2 N–H and O–H groups in total. The second-order valence-electron chi connectivity index (χ2n) is 4.23. The van der Waals surface area contributed by atoms with Crippen LogP contribution in [0.25, 0.3) is 0 Å². The highest BCUT2D eigenvalue weighted by molar-refractivity contribution is 5.83. The van der Waals surface area contributed by atoms with Gasteiger partial charge in [0.05, 0.1) is 5.69 Å². The van der Waals surface area contributed by atoms with Crippen LogP contribution < -0.4 is 4.90 Å². The van der Waals surface area contributed by atoms with Crippen molar-refractivity contribution >= 4 is 11.9 Å². The molecule has 0 aliphatic rings. The molecule has 0 saturated carbocycles. The van der Waals surface area contributed by atoms with Gasteiger partial charge in [0.1, 0.15) is 5.82 Å². The Labute approximate surface area is 82.7 Å². The maximum Gasteiger partial charge on any atom is 0.412 e. The zero-order valence-corrected chi connectivity index (χ0v) is 8.83. The number of amides is 1. The highest BCUT2D eigenvalue weighted by Gasteiger charge is 2.19. The first-order valence-electron chi connectivity index (χ1n) is 4.35. The molecule has 1 heterocycles. The zero-order chi connectivity index (χ0) is 10.9. The lowest BCUT2D eigenvalue weighted by Crippen LogP contribution is -2.24. The predicted octanol–water partition coefficient (Wildman–Crippen LogP) is 1.82. The van der Waals surface area contributed by atoms with E-state index in [0.29, 0.717) is 5.82 Å². The Hall–Kier alpha value is -1.52. The van der Waals surface area contributed by atoms with Gasteiger partial charge in [-0.3, -0.25) is 10.00 Å². The highest BCUT2D eigenvalue weighted by atomic mass is 16.4. The molecule has 5 heteroatoms. The lowest BCUT2D eigenvalue weighted by Gasteiger charge is -2.14. The third kappa shape index (κ3) is 2.04. The van der Waals surface area contributed by atoms with Gasteiger partial charge in [0, 0.05) is 18.5 Å². The first-order valence-corrected chi connectivity index (χ1v) is 4.35. The normalized spacial score (nSPS) is 11.4. The Bertz CT molecular complexity index is 338. The van der Waals surface area contributed by atoms with E-state index in [2.05, 4.69) is 10.2 Å². The van der Waals surface area contributed by atoms with Crippen LogP contribution in [0.4, 0.5) is 10.6 Å². The van der Waals surface area contributed by atoms with E-state index in [0.717, 1.165) is 10.6 Å². The van der Waals surface area contributed by atoms with Crippen LogP contribution in [0.1, 0.15) is 26.5 Å².